The summed E-state index contributed by atoms with van der Waals surface area (Å²) in [4.78, 5) is 0. The highest BCUT2D eigenvalue weighted by molar-refractivity contribution is 9.09. The Labute approximate surface area is 101 Å². The Bertz CT molecular complexity index is 290. The monoisotopic (exact) mass is 272 g/mol. The van der Waals surface area contributed by atoms with Crippen molar-refractivity contribution in [1.82, 2.24) is 0 Å². The molecule has 15 heavy (non-hydrogen) atoms. The molecule has 0 aromatic heterocycles. The molecule has 2 fully saturated rings. The van der Waals surface area contributed by atoms with Crippen LogP contribution in [-0.4, -0.2) is 16.0 Å². The van der Waals surface area contributed by atoms with Crippen LogP contribution in [-0.2, 0) is 0 Å². The summed E-state index contributed by atoms with van der Waals surface area (Å²) < 4.78 is 0. The zero-order chi connectivity index (χ0) is 11.3. The molecule has 0 aliphatic heterocycles. The Morgan fingerprint density at radius 3 is 2.67 bits per heavy atom. The molecule has 1 unspecified atom stereocenters. The lowest BCUT2D eigenvalue weighted by molar-refractivity contribution is -0.0855. The molecule has 0 spiro atoms. The molecule has 0 amide bonds. The van der Waals surface area contributed by atoms with Crippen molar-refractivity contribution in [2.75, 3.05) is 5.33 Å². The summed E-state index contributed by atoms with van der Waals surface area (Å²) in [6.45, 7) is 8.39. The first-order valence-electron chi connectivity index (χ1n) is 5.83. The van der Waals surface area contributed by atoms with Crippen LogP contribution in [0, 0.1) is 16.7 Å². The lowest BCUT2D eigenvalue weighted by Crippen LogP contribution is -2.48. The van der Waals surface area contributed by atoms with E-state index in [2.05, 4.69) is 36.4 Å². The summed E-state index contributed by atoms with van der Waals surface area (Å²) in [7, 11) is 0. The molecule has 0 aromatic rings. The van der Waals surface area contributed by atoms with Crippen molar-refractivity contribution >= 4 is 15.9 Å². The summed E-state index contributed by atoms with van der Waals surface area (Å²) in [5, 5.41) is 11.8. The van der Waals surface area contributed by atoms with Gasteiger partial charge in [-0.05, 0) is 37.0 Å². The van der Waals surface area contributed by atoms with Crippen LogP contribution < -0.4 is 0 Å². The zero-order valence-electron chi connectivity index (χ0n) is 9.72. The van der Waals surface area contributed by atoms with E-state index in [1.54, 1.807) is 0 Å². The molecule has 0 heterocycles. The predicted octanol–water partition coefficient (Wildman–Crippen LogP) is 3.51. The van der Waals surface area contributed by atoms with E-state index in [1.807, 2.05) is 6.08 Å². The SMILES string of the molecule is C=CC[C@@]1(O)C[C@H]2CC[C@]1(C)C2(C)CBr. The number of fused-ring (bicyclic) bond motifs is 2. The van der Waals surface area contributed by atoms with E-state index >= 15 is 0 Å². The predicted molar refractivity (Wildman–Crippen MR) is 67.1 cm³/mol. The van der Waals surface area contributed by atoms with Crippen molar-refractivity contribution in [2.45, 2.75) is 45.1 Å². The summed E-state index contributed by atoms with van der Waals surface area (Å²) in [6, 6.07) is 0. The van der Waals surface area contributed by atoms with E-state index in [0.29, 0.717) is 5.92 Å². The summed E-state index contributed by atoms with van der Waals surface area (Å²) in [5.41, 5.74) is -0.201. The number of alkyl halides is 1. The molecule has 0 saturated heterocycles. The molecule has 2 bridgehead atoms. The number of hydrogen-bond donors (Lipinski definition) is 1. The zero-order valence-corrected chi connectivity index (χ0v) is 11.3. The second kappa shape index (κ2) is 3.33. The Hall–Kier alpha value is 0.180. The molecule has 2 aliphatic carbocycles. The summed E-state index contributed by atoms with van der Waals surface area (Å²) in [5.74, 6) is 0.673. The quantitative estimate of drug-likeness (QED) is 0.616. The van der Waals surface area contributed by atoms with Crippen LogP contribution in [0.4, 0.5) is 0 Å². The van der Waals surface area contributed by atoms with Gasteiger partial charge in [-0.15, -0.1) is 6.58 Å². The molecule has 1 N–H and O–H groups in total. The third-order valence-corrected chi connectivity index (χ3v) is 6.69. The van der Waals surface area contributed by atoms with Gasteiger partial charge in [0.2, 0.25) is 0 Å². The van der Waals surface area contributed by atoms with Crippen LogP contribution in [0.5, 0.6) is 0 Å². The highest BCUT2D eigenvalue weighted by Gasteiger charge is 2.69. The third-order valence-electron chi connectivity index (χ3n) is 5.53. The van der Waals surface area contributed by atoms with E-state index in [9.17, 15) is 5.11 Å². The van der Waals surface area contributed by atoms with Crippen molar-refractivity contribution in [2.24, 2.45) is 16.7 Å². The van der Waals surface area contributed by atoms with Gasteiger partial charge in [0.05, 0.1) is 5.60 Å². The minimum Gasteiger partial charge on any atom is -0.389 e. The molecular formula is C13H21BrO. The number of aliphatic hydroxyl groups is 1. The standard InChI is InChI=1S/C13H21BrO/c1-4-6-13(15)8-10-5-7-12(13,3)11(10,2)9-14/h4,10,15H,1,5-9H2,2-3H3/t10-,11?,12-,13-/m1/s1. The largest absolute Gasteiger partial charge is 0.389 e. The maximum Gasteiger partial charge on any atom is 0.0743 e. The van der Waals surface area contributed by atoms with E-state index in [0.717, 1.165) is 24.6 Å². The molecule has 2 heteroatoms. The molecule has 86 valence electrons. The molecule has 2 saturated carbocycles. The van der Waals surface area contributed by atoms with Gasteiger partial charge in [0.15, 0.2) is 0 Å². The minimum absolute atomic E-state index is 0.0579. The first-order chi connectivity index (χ1) is 6.93. The highest BCUT2D eigenvalue weighted by atomic mass is 79.9. The number of rotatable bonds is 3. The van der Waals surface area contributed by atoms with Gasteiger partial charge >= 0.3 is 0 Å². The van der Waals surface area contributed by atoms with Crippen LogP contribution in [0.15, 0.2) is 12.7 Å². The Kier molecular flexibility index (Phi) is 2.59. The fourth-order valence-corrected chi connectivity index (χ4v) is 5.12. The van der Waals surface area contributed by atoms with Gasteiger partial charge in [-0.2, -0.15) is 0 Å². The summed E-state index contributed by atoms with van der Waals surface area (Å²) >= 11 is 3.65. The van der Waals surface area contributed by atoms with Gasteiger partial charge in [0.25, 0.3) is 0 Å². The van der Waals surface area contributed by atoms with Crippen molar-refractivity contribution in [1.29, 1.82) is 0 Å². The van der Waals surface area contributed by atoms with Crippen LogP contribution in [0.1, 0.15) is 39.5 Å². The minimum atomic E-state index is -0.514. The Morgan fingerprint density at radius 1 is 1.53 bits per heavy atom. The van der Waals surface area contributed by atoms with Gasteiger partial charge < -0.3 is 5.11 Å². The first-order valence-corrected chi connectivity index (χ1v) is 6.95. The van der Waals surface area contributed by atoms with Gasteiger partial charge in [-0.3, -0.25) is 0 Å². The van der Waals surface area contributed by atoms with Crippen molar-refractivity contribution in [3.63, 3.8) is 0 Å². The normalized spacial score (nSPS) is 53.5. The summed E-state index contributed by atoms with van der Waals surface area (Å²) in [6.07, 6.45) is 6.00. The molecule has 4 atom stereocenters. The molecule has 2 aliphatic rings. The highest BCUT2D eigenvalue weighted by Crippen LogP contribution is 2.71. The van der Waals surface area contributed by atoms with Crippen LogP contribution >= 0.6 is 15.9 Å². The molecular weight excluding hydrogens is 252 g/mol. The maximum atomic E-state index is 10.8. The molecule has 2 rings (SSSR count). The lowest BCUT2D eigenvalue weighted by atomic mass is 9.63. The number of hydrogen-bond acceptors (Lipinski definition) is 1. The first kappa shape index (κ1) is 11.7. The van der Waals surface area contributed by atoms with Crippen LogP contribution in [0.3, 0.4) is 0 Å². The fourth-order valence-electron chi connectivity index (χ4n) is 4.05. The van der Waals surface area contributed by atoms with Crippen LogP contribution in [0.25, 0.3) is 0 Å². The topological polar surface area (TPSA) is 20.2 Å². The van der Waals surface area contributed by atoms with Gasteiger partial charge in [0, 0.05) is 10.7 Å². The third kappa shape index (κ3) is 1.18. The Balaban J connectivity index is 2.40. The average molecular weight is 273 g/mol. The van der Waals surface area contributed by atoms with Crippen molar-refractivity contribution in [3.8, 4) is 0 Å². The van der Waals surface area contributed by atoms with E-state index in [-0.39, 0.29) is 10.8 Å². The second-order valence-electron chi connectivity index (χ2n) is 5.85. The van der Waals surface area contributed by atoms with E-state index in [1.165, 1.54) is 6.42 Å². The fraction of sp³-hybridized carbons (Fsp3) is 0.846. The van der Waals surface area contributed by atoms with E-state index in [4.69, 9.17) is 0 Å². The van der Waals surface area contributed by atoms with Gasteiger partial charge in [-0.1, -0.05) is 35.9 Å². The van der Waals surface area contributed by atoms with Crippen molar-refractivity contribution < 1.29 is 5.11 Å². The second-order valence-corrected chi connectivity index (χ2v) is 6.41. The van der Waals surface area contributed by atoms with E-state index < -0.39 is 5.60 Å². The van der Waals surface area contributed by atoms with Crippen molar-refractivity contribution in [3.05, 3.63) is 12.7 Å². The molecule has 0 radical (unpaired) electrons. The maximum absolute atomic E-state index is 10.8. The molecule has 0 aromatic carbocycles. The Morgan fingerprint density at radius 2 is 2.20 bits per heavy atom. The smallest absolute Gasteiger partial charge is 0.0743 e. The average Bonchev–Trinajstić information content (AvgIpc) is 2.52. The van der Waals surface area contributed by atoms with Gasteiger partial charge in [-0.25, -0.2) is 0 Å². The lowest BCUT2D eigenvalue weighted by Gasteiger charge is -2.45. The van der Waals surface area contributed by atoms with Crippen LogP contribution in [0.2, 0.25) is 0 Å². The molecule has 1 nitrogen and oxygen atoms in total. The van der Waals surface area contributed by atoms with Gasteiger partial charge in [0.1, 0.15) is 0 Å². The number of halogens is 1.